The van der Waals surface area contributed by atoms with Crippen molar-refractivity contribution in [2.45, 2.75) is 40.3 Å². The van der Waals surface area contributed by atoms with Gasteiger partial charge in [-0.25, -0.2) is 19.3 Å². The van der Waals surface area contributed by atoms with Gasteiger partial charge in [0, 0.05) is 17.3 Å². The van der Waals surface area contributed by atoms with E-state index in [1.54, 1.807) is 35.8 Å². The van der Waals surface area contributed by atoms with E-state index in [0.29, 0.717) is 26.2 Å². The number of benzene rings is 4. The summed E-state index contributed by atoms with van der Waals surface area (Å²) in [5.41, 5.74) is 8.88. The van der Waals surface area contributed by atoms with Gasteiger partial charge in [0.15, 0.2) is 4.80 Å². The lowest BCUT2D eigenvalue weighted by Crippen LogP contribution is -2.39. The summed E-state index contributed by atoms with van der Waals surface area (Å²) in [7, 11) is 1.32. The van der Waals surface area contributed by atoms with E-state index < -0.39 is 18.0 Å². The van der Waals surface area contributed by atoms with Crippen LogP contribution in [-0.2, 0) is 20.9 Å². The summed E-state index contributed by atoms with van der Waals surface area (Å²) in [4.78, 5) is 46.0. The number of fused-ring (bicyclic) bond motifs is 1. The van der Waals surface area contributed by atoms with Gasteiger partial charge in [0.05, 0.1) is 40.2 Å². The summed E-state index contributed by atoms with van der Waals surface area (Å²) in [5, 5.41) is 5.05. The number of ether oxygens (including phenoxy) is 2. The van der Waals surface area contributed by atoms with Crippen molar-refractivity contribution in [3.63, 3.8) is 0 Å². The Bertz CT molecular complexity index is 2520. The van der Waals surface area contributed by atoms with E-state index in [9.17, 15) is 14.4 Å². The normalized spacial score (nSPS) is 14.2. The van der Waals surface area contributed by atoms with Crippen LogP contribution in [0.1, 0.15) is 56.7 Å². The first-order valence-electron chi connectivity index (χ1n) is 16.8. The highest BCUT2D eigenvalue weighted by molar-refractivity contribution is 7.07. The number of hydrogen-bond donors (Lipinski definition) is 0. The zero-order valence-corrected chi connectivity index (χ0v) is 30.2. The second kappa shape index (κ2) is 14.2. The number of para-hydroxylation sites is 1. The molecule has 0 spiro atoms. The van der Waals surface area contributed by atoms with Crippen LogP contribution in [-0.4, -0.2) is 33.4 Å². The number of aromatic nitrogens is 3. The molecule has 0 amide bonds. The predicted molar refractivity (Wildman–Crippen MR) is 201 cm³/mol. The van der Waals surface area contributed by atoms with Gasteiger partial charge in [-0.05, 0) is 80.3 Å². The molecule has 1 aliphatic heterocycles. The monoisotopic (exact) mass is 708 g/mol. The summed E-state index contributed by atoms with van der Waals surface area (Å²) in [6.07, 6.45) is 3.79. The molecule has 1 aliphatic rings. The highest BCUT2D eigenvalue weighted by atomic mass is 32.1. The summed E-state index contributed by atoms with van der Waals surface area (Å²) in [5.74, 6) is -1.08. The molecule has 9 nitrogen and oxygen atoms in total. The molecule has 260 valence electrons. The van der Waals surface area contributed by atoms with Crippen molar-refractivity contribution in [2.24, 2.45) is 4.99 Å². The predicted octanol–water partition coefficient (Wildman–Crippen LogP) is 6.54. The van der Waals surface area contributed by atoms with E-state index in [-0.39, 0.29) is 17.7 Å². The first-order valence-corrected chi connectivity index (χ1v) is 17.6. The van der Waals surface area contributed by atoms with Crippen LogP contribution in [0.15, 0.2) is 124 Å². The fraction of sp³-hybridized carbons (Fsp3) is 0.167. The topological polar surface area (TPSA) is 105 Å². The van der Waals surface area contributed by atoms with Crippen LogP contribution in [0.3, 0.4) is 0 Å². The Hall–Kier alpha value is -6.13. The fourth-order valence-corrected chi connectivity index (χ4v) is 7.75. The highest BCUT2D eigenvalue weighted by Gasteiger charge is 2.34. The van der Waals surface area contributed by atoms with E-state index in [1.165, 1.54) is 18.4 Å². The molecule has 3 heterocycles. The fourth-order valence-electron chi connectivity index (χ4n) is 6.71. The maximum atomic E-state index is 14.6. The van der Waals surface area contributed by atoms with Gasteiger partial charge in [0.25, 0.3) is 5.56 Å². The minimum Gasteiger partial charge on any atom is -0.465 e. The van der Waals surface area contributed by atoms with E-state index in [4.69, 9.17) is 19.6 Å². The SMILES string of the molecule is COC(=O)c1ccc(C2C(C(=O)OCc3ccccc3)=C(C)N=c3sc(=Cc4cn(-c5ccccc5)nc4-c4c(C)cc(C)cc4C)c(=O)n32)cc1. The van der Waals surface area contributed by atoms with Crippen molar-refractivity contribution >= 4 is 29.4 Å². The Balaban J connectivity index is 1.39. The third kappa shape index (κ3) is 6.56. The van der Waals surface area contributed by atoms with Gasteiger partial charge in [-0.15, -0.1) is 0 Å². The number of hydrogen-bond acceptors (Lipinski definition) is 8. The zero-order valence-electron chi connectivity index (χ0n) is 29.4. The molecule has 6 aromatic rings. The molecule has 2 aromatic heterocycles. The quantitative estimate of drug-likeness (QED) is 0.166. The third-order valence-corrected chi connectivity index (χ3v) is 10.0. The Morgan fingerprint density at radius 2 is 1.52 bits per heavy atom. The summed E-state index contributed by atoms with van der Waals surface area (Å²) < 4.78 is 14.5. The maximum Gasteiger partial charge on any atom is 0.338 e. The van der Waals surface area contributed by atoms with Gasteiger partial charge in [0.2, 0.25) is 0 Å². The van der Waals surface area contributed by atoms with Crippen LogP contribution in [0.2, 0.25) is 0 Å². The standard InChI is InChI=1S/C42H36N4O5S/c1-25-20-26(2)35(27(3)21-25)37-32(23-45(44-37)33-14-10-7-11-15-33)22-34-39(47)46-38(30-16-18-31(19-17-30)40(48)50-5)36(28(4)43-42(46)52-34)41(49)51-24-29-12-8-6-9-13-29/h6-23,38H,24H2,1-5H3. The zero-order chi connectivity index (χ0) is 36.5. The third-order valence-electron chi connectivity index (χ3n) is 9.07. The first-order chi connectivity index (χ1) is 25.1. The van der Waals surface area contributed by atoms with Crippen molar-refractivity contribution in [2.75, 3.05) is 7.11 Å². The number of thiazole rings is 1. The lowest BCUT2D eigenvalue weighted by Gasteiger charge is -2.25. The molecule has 10 heteroatoms. The number of esters is 2. The van der Waals surface area contributed by atoms with Crippen LogP contribution < -0.4 is 14.9 Å². The molecule has 0 fully saturated rings. The number of carbonyl (C=O) groups is 2. The van der Waals surface area contributed by atoms with Crippen LogP contribution in [0.25, 0.3) is 23.0 Å². The summed E-state index contributed by atoms with van der Waals surface area (Å²) >= 11 is 1.25. The maximum absolute atomic E-state index is 14.6. The minimum absolute atomic E-state index is 0.0564. The first kappa shape index (κ1) is 34.3. The van der Waals surface area contributed by atoms with Crippen molar-refractivity contribution in [1.82, 2.24) is 14.3 Å². The van der Waals surface area contributed by atoms with Gasteiger partial charge in [-0.1, -0.05) is 89.7 Å². The van der Waals surface area contributed by atoms with Gasteiger partial charge in [0.1, 0.15) is 12.3 Å². The number of rotatable bonds is 8. The van der Waals surface area contributed by atoms with E-state index >= 15 is 0 Å². The number of aryl methyl sites for hydroxylation is 3. The van der Waals surface area contributed by atoms with E-state index in [0.717, 1.165) is 44.8 Å². The molecule has 0 aliphatic carbocycles. The van der Waals surface area contributed by atoms with E-state index in [2.05, 4.69) is 32.9 Å². The summed E-state index contributed by atoms with van der Waals surface area (Å²) in [6.45, 7) is 8.02. The van der Waals surface area contributed by atoms with Gasteiger partial charge < -0.3 is 9.47 Å². The second-order valence-electron chi connectivity index (χ2n) is 12.7. The highest BCUT2D eigenvalue weighted by Crippen LogP contribution is 2.33. The Morgan fingerprint density at radius 3 is 2.17 bits per heavy atom. The molecule has 0 saturated heterocycles. The van der Waals surface area contributed by atoms with Gasteiger partial charge in [-0.3, -0.25) is 9.36 Å². The van der Waals surface area contributed by atoms with Crippen LogP contribution >= 0.6 is 11.3 Å². The Labute approximate surface area is 304 Å². The molecule has 0 radical (unpaired) electrons. The van der Waals surface area contributed by atoms with Gasteiger partial charge >= 0.3 is 11.9 Å². The number of allylic oxidation sites excluding steroid dienone is 1. The molecule has 52 heavy (non-hydrogen) atoms. The average molecular weight is 709 g/mol. The largest absolute Gasteiger partial charge is 0.465 e. The molecule has 1 atom stereocenters. The number of carbonyl (C=O) groups excluding carboxylic acids is 2. The number of methoxy groups -OCH3 is 1. The molecule has 7 rings (SSSR count). The lowest BCUT2D eigenvalue weighted by molar-refractivity contribution is -0.140. The molecule has 1 unspecified atom stereocenters. The van der Waals surface area contributed by atoms with Crippen LogP contribution in [0.5, 0.6) is 0 Å². The lowest BCUT2D eigenvalue weighted by atomic mass is 9.95. The van der Waals surface area contributed by atoms with Gasteiger partial charge in [-0.2, -0.15) is 5.10 Å². The second-order valence-corrected chi connectivity index (χ2v) is 13.8. The molecular formula is C42H36N4O5S. The van der Waals surface area contributed by atoms with Crippen LogP contribution in [0.4, 0.5) is 0 Å². The molecule has 4 aromatic carbocycles. The van der Waals surface area contributed by atoms with Crippen molar-refractivity contribution in [3.05, 3.63) is 173 Å². The van der Waals surface area contributed by atoms with Crippen molar-refractivity contribution < 1.29 is 19.1 Å². The summed E-state index contributed by atoms with van der Waals surface area (Å²) in [6, 6.07) is 29.3. The molecular weight excluding hydrogens is 673 g/mol. The minimum atomic E-state index is -0.860. The smallest absolute Gasteiger partial charge is 0.338 e. The van der Waals surface area contributed by atoms with Crippen molar-refractivity contribution in [3.8, 4) is 16.9 Å². The Morgan fingerprint density at radius 1 is 0.865 bits per heavy atom. The number of nitrogens with zero attached hydrogens (tertiary/aromatic N) is 4. The van der Waals surface area contributed by atoms with E-state index in [1.807, 2.05) is 77.6 Å². The van der Waals surface area contributed by atoms with Crippen LogP contribution in [0, 0.1) is 20.8 Å². The molecule has 0 N–H and O–H groups in total. The van der Waals surface area contributed by atoms with Crippen molar-refractivity contribution in [1.29, 1.82) is 0 Å². The molecule has 0 bridgehead atoms. The Kier molecular flexibility index (Phi) is 9.40. The molecule has 0 saturated carbocycles. The average Bonchev–Trinajstić information content (AvgIpc) is 3.69.